The number of hydrogen-bond donors (Lipinski definition) is 1. The molecule has 0 aromatic heterocycles. The molecule has 1 N–H and O–H groups in total. The standard InChI is InChI=1S/C17H15NO3S/c1-20-9-6-7-13-12(8-9)14-15-10-4-2-3-5-11(10)16(21-15)17(14)22(19)18-13/h2-8,14-18H,1H3/t14-,15-,16+,17-,22-/m1/s1. The highest BCUT2D eigenvalue weighted by Crippen LogP contribution is 2.61. The Morgan fingerprint density at radius 2 is 1.86 bits per heavy atom. The second-order valence-corrected chi connectivity index (χ2v) is 7.29. The SMILES string of the molecule is COc1ccc2c(c1)[C@H]1[C@H]([C@H]3O[C@@H]1c1ccccc13)[S@@](=O)N2. The first-order valence-corrected chi connectivity index (χ1v) is 8.58. The third kappa shape index (κ3) is 1.48. The van der Waals surface area contributed by atoms with Gasteiger partial charge in [-0.15, -0.1) is 0 Å². The van der Waals surface area contributed by atoms with Crippen LogP contribution < -0.4 is 9.46 Å². The molecule has 0 amide bonds. The van der Waals surface area contributed by atoms with Gasteiger partial charge in [-0.25, -0.2) is 4.21 Å². The minimum absolute atomic E-state index is 0.0110. The molecule has 0 saturated carbocycles. The molecule has 3 heterocycles. The fourth-order valence-electron chi connectivity index (χ4n) is 4.03. The molecule has 4 nitrogen and oxygen atoms in total. The van der Waals surface area contributed by atoms with Gasteiger partial charge in [-0.05, 0) is 34.9 Å². The van der Waals surface area contributed by atoms with Crippen LogP contribution in [0.25, 0.3) is 0 Å². The minimum atomic E-state index is -1.14. The topological polar surface area (TPSA) is 47.6 Å². The number of methoxy groups -OCH3 is 1. The first-order chi connectivity index (χ1) is 10.8. The van der Waals surface area contributed by atoms with E-state index in [4.69, 9.17) is 9.47 Å². The normalized spacial score (nSPS) is 33.6. The van der Waals surface area contributed by atoms with Crippen molar-refractivity contribution in [2.24, 2.45) is 0 Å². The molecule has 5 atom stereocenters. The number of nitrogens with one attached hydrogen (secondary N) is 1. The van der Waals surface area contributed by atoms with Crippen molar-refractivity contribution in [3.05, 3.63) is 59.2 Å². The summed E-state index contributed by atoms with van der Waals surface area (Å²) in [4.78, 5) is 0. The lowest BCUT2D eigenvalue weighted by Crippen LogP contribution is -2.36. The van der Waals surface area contributed by atoms with Crippen molar-refractivity contribution in [1.82, 2.24) is 0 Å². The molecule has 0 aliphatic carbocycles. The fraction of sp³-hybridized carbons (Fsp3) is 0.294. The van der Waals surface area contributed by atoms with Crippen LogP contribution >= 0.6 is 0 Å². The second kappa shape index (κ2) is 4.33. The number of fused-ring (bicyclic) bond motifs is 10. The summed E-state index contributed by atoms with van der Waals surface area (Å²) >= 11 is 0. The molecule has 2 bridgehead atoms. The van der Waals surface area contributed by atoms with E-state index in [1.165, 1.54) is 11.1 Å². The Morgan fingerprint density at radius 3 is 2.64 bits per heavy atom. The quantitative estimate of drug-likeness (QED) is 0.880. The van der Waals surface area contributed by atoms with Crippen molar-refractivity contribution in [2.75, 3.05) is 11.8 Å². The molecule has 2 aromatic rings. The smallest absolute Gasteiger partial charge is 0.124 e. The second-order valence-electron chi connectivity index (χ2n) is 5.95. The highest BCUT2D eigenvalue weighted by Gasteiger charge is 2.57. The Balaban J connectivity index is 1.71. The average molecular weight is 313 g/mol. The first-order valence-electron chi connectivity index (χ1n) is 7.37. The van der Waals surface area contributed by atoms with Crippen LogP contribution in [0, 0.1) is 0 Å². The van der Waals surface area contributed by atoms with Gasteiger partial charge in [-0.3, -0.25) is 0 Å². The van der Waals surface area contributed by atoms with E-state index in [9.17, 15) is 4.21 Å². The maximum atomic E-state index is 12.7. The van der Waals surface area contributed by atoms with E-state index < -0.39 is 11.0 Å². The van der Waals surface area contributed by atoms with Gasteiger partial charge in [0.15, 0.2) is 0 Å². The number of rotatable bonds is 1. The minimum Gasteiger partial charge on any atom is -0.497 e. The van der Waals surface area contributed by atoms with E-state index in [1.54, 1.807) is 7.11 Å². The van der Waals surface area contributed by atoms with Crippen molar-refractivity contribution in [1.29, 1.82) is 0 Å². The van der Waals surface area contributed by atoms with E-state index >= 15 is 0 Å². The summed E-state index contributed by atoms with van der Waals surface area (Å²) in [5.74, 6) is 0.940. The lowest BCUT2D eigenvalue weighted by atomic mass is 9.79. The van der Waals surface area contributed by atoms with Gasteiger partial charge >= 0.3 is 0 Å². The van der Waals surface area contributed by atoms with Crippen LogP contribution in [-0.4, -0.2) is 16.6 Å². The number of benzene rings is 2. The average Bonchev–Trinajstić information content (AvgIpc) is 3.12. The van der Waals surface area contributed by atoms with Crippen LogP contribution in [0.5, 0.6) is 5.75 Å². The van der Waals surface area contributed by atoms with E-state index in [0.717, 1.165) is 17.0 Å². The van der Waals surface area contributed by atoms with E-state index in [1.807, 2.05) is 30.3 Å². The predicted octanol–water partition coefficient (Wildman–Crippen LogP) is 3.06. The number of hydrogen-bond acceptors (Lipinski definition) is 3. The Labute approximate surface area is 131 Å². The van der Waals surface area contributed by atoms with E-state index in [0.29, 0.717) is 0 Å². The van der Waals surface area contributed by atoms with Crippen molar-refractivity contribution in [2.45, 2.75) is 23.4 Å². The maximum absolute atomic E-state index is 12.7. The molecule has 1 fully saturated rings. The Morgan fingerprint density at radius 1 is 1.09 bits per heavy atom. The van der Waals surface area contributed by atoms with Crippen molar-refractivity contribution >= 4 is 16.7 Å². The van der Waals surface area contributed by atoms with Gasteiger partial charge in [0.05, 0.1) is 24.2 Å². The molecule has 5 rings (SSSR count). The molecule has 0 radical (unpaired) electrons. The van der Waals surface area contributed by atoms with Gasteiger partial charge in [-0.1, -0.05) is 24.3 Å². The summed E-state index contributed by atoms with van der Waals surface area (Å²) in [6.07, 6.45) is -0.0954. The Hall–Kier alpha value is -1.85. The molecule has 1 saturated heterocycles. The van der Waals surface area contributed by atoms with Crippen molar-refractivity contribution in [3.63, 3.8) is 0 Å². The Bertz CT molecular complexity index is 806. The lowest BCUT2D eigenvalue weighted by Gasteiger charge is -2.34. The zero-order valence-corrected chi connectivity index (χ0v) is 12.8. The third-order valence-corrected chi connectivity index (χ3v) is 6.41. The molecule has 3 aliphatic heterocycles. The summed E-state index contributed by atoms with van der Waals surface area (Å²) in [7, 11) is 0.529. The molecule has 2 aromatic carbocycles. The van der Waals surface area contributed by atoms with Gasteiger partial charge in [-0.2, -0.15) is 0 Å². The molecule has 112 valence electrons. The summed E-state index contributed by atoms with van der Waals surface area (Å²) < 4.78 is 27.4. The lowest BCUT2D eigenvalue weighted by molar-refractivity contribution is 0.0683. The fourth-order valence-corrected chi connectivity index (χ4v) is 5.55. The van der Waals surface area contributed by atoms with Gasteiger partial charge in [0.1, 0.15) is 22.8 Å². The molecule has 5 heteroatoms. The third-order valence-electron chi connectivity index (χ3n) is 4.96. The van der Waals surface area contributed by atoms with Crippen LogP contribution in [0.1, 0.15) is 34.8 Å². The van der Waals surface area contributed by atoms with Crippen molar-refractivity contribution in [3.8, 4) is 5.75 Å². The molecule has 0 spiro atoms. The highest BCUT2D eigenvalue weighted by molar-refractivity contribution is 7.87. The van der Waals surface area contributed by atoms with Crippen LogP contribution in [0.2, 0.25) is 0 Å². The van der Waals surface area contributed by atoms with Gasteiger partial charge in [0.2, 0.25) is 0 Å². The monoisotopic (exact) mass is 313 g/mol. The zero-order chi connectivity index (χ0) is 14.8. The van der Waals surface area contributed by atoms with Crippen LogP contribution in [0.4, 0.5) is 5.69 Å². The van der Waals surface area contributed by atoms with Gasteiger partial charge in [0.25, 0.3) is 0 Å². The summed E-state index contributed by atoms with van der Waals surface area (Å²) in [6.45, 7) is 0. The summed E-state index contributed by atoms with van der Waals surface area (Å²) in [5, 5.41) is -0.0421. The zero-order valence-electron chi connectivity index (χ0n) is 12.0. The number of ether oxygens (including phenoxy) is 2. The maximum Gasteiger partial charge on any atom is 0.124 e. The van der Waals surface area contributed by atoms with Crippen LogP contribution in [0.3, 0.4) is 0 Å². The Kier molecular flexibility index (Phi) is 2.50. The molecular formula is C17H15NO3S. The number of anilines is 1. The molecule has 3 aliphatic rings. The first kappa shape index (κ1) is 12.7. The van der Waals surface area contributed by atoms with Crippen LogP contribution in [-0.2, 0) is 15.7 Å². The summed E-state index contributed by atoms with van der Waals surface area (Å²) in [5.41, 5.74) is 4.50. The summed E-state index contributed by atoms with van der Waals surface area (Å²) in [6, 6.07) is 14.2. The van der Waals surface area contributed by atoms with Crippen LogP contribution in [0.15, 0.2) is 42.5 Å². The van der Waals surface area contributed by atoms with E-state index in [-0.39, 0.29) is 23.4 Å². The van der Waals surface area contributed by atoms with E-state index in [2.05, 4.69) is 16.9 Å². The molecule has 0 unspecified atom stereocenters. The van der Waals surface area contributed by atoms with Gasteiger partial charge < -0.3 is 14.2 Å². The van der Waals surface area contributed by atoms with Crippen molar-refractivity contribution < 1.29 is 13.7 Å². The molecule has 22 heavy (non-hydrogen) atoms. The largest absolute Gasteiger partial charge is 0.497 e. The predicted molar refractivity (Wildman–Crippen MR) is 84.3 cm³/mol. The molecular weight excluding hydrogens is 298 g/mol. The highest BCUT2D eigenvalue weighted by atomic mass is 32.2. The van der Waals surface area contributed by atoms with Gasteiger partial charge in [0, 0.05) is 5.92 Å².